The Morgan fingerprint density at radius 2 is 2.20 bits per heavy atom. The van der Waals surface area contributed by atoms with Crippen LogP contribution in [0.4, 0.5) is 4.79 Å². The largest absolute Gasteiger partial charge is 0.450 e. The molecule has 1 aromatic rings. The molecule has 0 spiro atoms. The van der Waals surface area contributed by atoms with Gasteiger partial charge in [-0.25, -0.2) is 4.79 Å². The molecule has 1 fully saturated rings. The van der Waals surface area contributed by atoms with Gasteiger partial charge >= 0.3 is 6.09 Å². The predicted octanol–water partition coefficient (Wildman–Crippen LogP) is 1.14. The summed E-state index contributed by atoms with van der Waals surface area (Å²) in [6.45, 7) is 4.54. The van der Waals surface area contributed by atoms with Crippen LogP contribution in [0.5, 0.6) is 0 Å². The van der Waals surface area contributed by atoms with Crippen molar-refractivity contribution < 1.29 is 9.53 Å². The highest BCUT2D eigenvalue weighted by atomic mass is 16.6. The second-order valence-electron chi connectivity index (χ2n) is 6.23. The second kappa shape index (κ2) is 9.90. The molecule has 1 aliphatic rings. The molecular weight excluding hydrogens is 320 g/mol. The van der Waals surface area contributed by atoms with Crippen LogP contribution in [-0.4, -0.2) is 66.1 Å². The summed E-state index contributed by atoms with van der Waals surface area (Å²) in [6.07, 6.45) is 7.56. The third-order valence-corrected chi connectivity index (χ3v) is 4.28. The summed E-state index contributed by atoms with van der Waals surface area (Å²) >= 11 is 0. The maximum atomic E-state index is 11.7. The average Bonchev–Trinajstić information content (AvgIpc) is 3.03. The molecule has 8 heteroatoms. The van der Waals surface area contributed by atoms with E-state index < -0.39 is 0 Å². The van der Waals surface area contributed by atoms with E-state index in [0.717, 1.165) is 38.2 Å². The highest BCUT2D eigenvalue weighted by Crippen LogP contribution is 2.11. The Morgan fingerprint density at radius 1 is 1.44 bits per heavy atom. The Kier molecular flexibility index (Phi) is 7.56. The average molecular weight is 350 g/mol. The molecule has 0 bridgehead atoms. The van der Waals surface area contributed by atoms with Gasteiger partial charge in [-0.05, 0) is 38.2 Å². The fraction of sp³-hybridized carbons (Fsp3) is 0.706. The van der Waals surface area contributed by atoms with E-state index >= 15 is 0 Å². The maximum absolute atomic E-state index is 11.7. The second-order valence-corrected chi connectivity index (χ2v) is 6.23. The van der Waals surface area contributed by atoms with Crippen molar-refractivity contribution in [1.82, 2.24) is 25.3 Å². The smallest absolute Gasteiger partial charge is 0.409 e. The number of ether oxygens (including phenoxy) is 1. The number of aryl methyl sites for hydroxylation is 2. The van der Waals surface area contributed by atoms with Gasteiger partial charge in [0.25, 0.3) is 0 Å². The summed E-state index contributed by atoms with van der Waals surface area (Å²) < 4.78 is 6.87. The fourth-order valence-corrected chi connectivity index (χ4v) is 2.91. The normalized spacial score (nSPS) is 16.0. The lowest BCUT2D eigenvalue weighted by Gasteiger charge is -2.32. The highest BCUT2D eigenvalue weighted by Gasteiger charge is 2.23. The van der Waals surface area contributed by atoms with Crippen molar-refractivity contribution >= 4 is 12.1 Å². The first kappa shape index (κ1) is 19.1. The Morgan fingerprint density at radius 3 is 2.80 bits per heavy atom. The predicted molar refractivity (Wildman–Crippen MR) is 97.6 cm³/mol. The zero-order valence-electron chi connectivity index (χ0n) is 15.5. The third kappa shape index (κ3) is 6.28. The van der Waals surface area contributed by atoms with Gasteiger partial charge < -0.3 is 20.3 Å². The molecule has 2 rings (SSSR count). The molecule has 0 saturated carbocycles. The molecule has 1 aliphatic heterocycles. The minimum absolute atomic E-state index is 0.209. The summed E-state index contributed by atoms with van der Waals surface area (Å²) in [4.78, 5) is 17.8. The number of rotatable bonds is 6. The fourth-order valence-electron chi connectivity index (χ4n) is 2.91. The molecule has 2 N–H and O–H groups in total. The van der Waals surface area contributed by atoms with Crippen molar-refractivity contribution in [1.29, 1.82) is 0 Å². The number of guanidine groups is 1. The van der Waals surface area contributed by atoms with E-state index in [0.29, 0.717) is 25.7 Å². The van der Waals surface area contributed by atoms with E-state index in [1.807, 2.05) is 31.0 Å². The zero-order chi connectivity index (χ0) is 18.1. The SMILES string of the molecule is CCOC(=O)N1CCC(NC(=NC)NCCCc2cnn(C)c2)CC1. The molecular formula is C17H30N6O2. The minimum Gasteiger partial charge on any atom is -0.450 e. The highest BCUT2D eigenvalue weighted by molar-refractivity contribution is 5.80. The van der Waals surface area contributed by atoms with Crippen LogP contribution in [0.25, 0.3) is 0 Å². The van der Waals surface area contributed by atoms with Crippen LogP contribution >= 0.6 is 0 Å². The lowest BCUT2D eigenvalue weighted by Crippen LogP contribution is -2.50. The van der Waals surface area contributed by atoms with Gasteiger partial charge in [-0.3, -0.25) is 9.67 Å². The first-order chi connectivity index (χ1) is 12.1. The minimum atomic E-state index is -0.209. The molecule has 0 aliphatic carbocycles. The van der Waals surface area contributed by atoms with Crippen LogP contribution < -0.4 is 10.6 Å². The van der Waals surface area contributed by atoms with Crippen molar-refractivity contribution in [2.45, 2.75) is 38.6 Å². The summed E-state index contributed by atoms with van der Waals surface area (Å²) in [6, 6.07) is 0.329. The maximum Gasteiger partial charge on any atom is 0.409 e. The molecule has 0 atom stereocenters. The number of aliphatic imine (C=N–C) groups is 1. The molecule has 25 heavy (non-hydrogen) atoms. The van der Waals surface area contributed by atoms with E-state index in [1.54, 1.807) is 11.9 Å². The van der Waals surface area contributed by atoms with Crippen molar-refractivity contribution in [3.05, 3.63) is 18.0 Å². The van der Waals surface area contributed by atoms with E-state index in [9.17, 15) is 4.79 Å². The number of carbonyl (C=O) groups excluding carboxylic acids is 1. The molecule has 1 aromatic heterocycles. The van der Waals surface area contributed by atoms with Gasteiger partial charge in [0.15, 0.2) is 5.96 Å². The van der Waals surface area contributed by atoms with Crippen LogP contribution in [0, 0.1) is 0 Å². The van der Waals surface area contributed by atoms with Gasteiger partial charge in [0, 0.05) is 46.0 Å². The first-order valence-electron chi connectivity index (χ1n) is 8.98. The van der Waals surface area contributed by atoms with Crippen LogP contribution in [0.3, 0.4) is 0 Å². The number of carbonyl (C=O) groups is 1. The monoisotopic (exact) mass is 350 g/mol. The molecule has 8 nitrogen and oxygen atoms in total. The van der Waals surface area contributed by atoms with Gasteiger partial charge in [-0.2, -0.15) is 5.10 Å². The topological polar surface area (TPSA) is 83.8 Å². The van der Waals surface area contributed by atoms with Gasteiger partial charge in [-0.15, -0.1) is 0 Å². The van der Waals surface area contributed by atoms with Crippen LogP contribution in [0.2, 0.25) is 0 Å². The molecule has 140 valence electrons. The summed E-state index contributed by atoms with van der Waals surface area (Å²) in [7, 11) is 3.71. The van der Waals surface area contributed by atoms with Gasteiger partial charge in [0.1, 0.15) is 0 Å². The number of hydrogen-bond acceptors (Lipinski definition) is 4. The standard InChI is InChI=1S/C17H30N6O2/c1-4-25-17(24)23-10-7-15(8-11-23)21-16(18-2)19-9-5-6-14-12-20-22(3)13-14/h12-13,15H,4-11H2,1-3H3,(H2,18,19,21). The Hall–Kier alpha value is -2.25. The van der Waals surface area contributed by atoms with Gasteiger partial charge in [-0.1, -0.05) is 0 Å². The van der Waals surface area contributed by atoms with E-state index in [-0.39, 0.29) is 6.09 Å². The van der Waals surface area contributed by atoms with Gasteiger partial charge in [0.2, 0.25) is 0 Å². The van der Waals surface area contributed by atoms with E-state index in [1.165, 1.54) is 5.56 Å². The molecule has 1 amide bonds. The first-order valence-corrected chi connectivity index (χ1v) is 8.98. The Bertz CT molecular complexity index is 563. The number of aromatic nitrogens is 2. The summed E-state index contributed by atoms with van der Waals surface area (Å²) in [5, 5.41) is 11.0. The van der Waals surface area contributed by atoms with Crippen LogP contribution in [0.1, 0.15) is 31.7 Å². The number of likely N-dealkylation sites (tertiary alicyclic amines) is 1. The Labute approximate surface area is 149 Å². The number of nitrogens with zero attached hydrogens (tertiary/aromatic N) is 4. The molecule has 0 unspecified atom stereocenters. The number of hydrogen-bond donors (Lipinski definition) is 2. The lowest BCUT2D eigenvalue weighted by atomic mass is 10.1. The zero-order valence-corrected chi connectivity index (χ0v) is 15.5. The van der Waals surface area contributed by atoms with Crippen LogP contribution in [-0.2, 0) is 18.2 Å². The van der Waals surface area contributed by atoms with E-state index in [4.69, 9.17) is 4.74 Å². The molecule has 1 saturated heterocycles. The van der Waals surface area contributed by atoms with Gasteiger partial charge in [0.05, 0.1) is 12.8 Å². The number of nitrogens with one attached hydrogen (secondary N) is 2. The van der Waals surface area contributed by atoms with E-state index in [2.05, 4.69) is 20.7 Å². The molecule has 0 radical (unpaired) electrons. The quantitative estimate of drug-likeness (QED) is 0.457. The van der Waals surface area contributed by atoms with Crippen molar-refractivity contribution in [3.63, 3.8) is 0 Å². The number of amides is 1. The molecule has 2 heterocycles. The number of piperidine rings is 1. The molecule has 0 aromatic carbocycles. The lowest BCUT2D eigenvalue weighted by molar-refractivity contribution is 0.0963. The third-order valence-electron chi connectivity index (χ3n) is 4.28. The van der Waals surface area contributed by atoms with Crippen molar-refractivity contribution in [2.75, 3.05) is 33.3 Å². The Balaban J connectivity index is 1.64. The van der Waals surface area contributed by atoms with Crippen molar-refractivity contribution in [2.24, 2.45) is 12.0 Å². The van der Waals surface area contributed by atoms with Crippen molar-refractivity contribution in [3.8, 4) is 0 Å². The summed E-state index contributed by atoms with van der Waals surface area (Å²) in [5.41, 5.74) is 1.25. The summed E-state index contributed by atoms with van der Waals surface area (Å²) in [5.74, 6) is 0.820. The van der Waals surface area contributed by atoms with Crippen LogP contribution in [0.15, 0.2) is 17.4 Å².